The zero-order valence-corrected chi connectivity index (χ0v) is 14.3. The van der Waals surface area contributed by atoms with E-state index < -0.39 is 47.5 Å². The highest BCUT2D eigenvalue weighted by molar-refractivity contribution is 7.09. The summed E-state index contributed by atoms with van der Waals surface area (Å²) in [5, 5.41) is 10.9. The Hall–Kier alpha value is -2.61. The van der Waals surface area contributed by atoms with Crippen molar-refractivity contribution in [2.45, 2.75) is 25.2 Å². The van der Waals surface area contributed by atoms with Crippen molar-refractivity contribution in [1.29, 1.82) is 5.26 Å². The minimum absolute atomic E-state index is 0.0505. The molecule has 11 heteroatoms. The molecule has 0 saturated heterocycles. The Balaban J connectivity index is 2.24. The first-order valence-electron chi connectivity index (χ1n) is 7.18. The van der Waals surface area contributed by atoms with E-state index in [4.69, 9.17) is 10.00 Å². The molecule has 0 spiro atoms. The van der Waals surface area contributed by atoms with Gasteiger partial charge in [0, 0.05) is 11.1 Å². The second-order valence-corrected chi connectivity index (χ2v) is 6.28. The third-order valence-electron chi connectivity index (χ3n) is 3.28. The number of carbonyl (C=O) groups excluding carboxylic acids is 1. The maximum absolute atomic E-state index is 12.8. The molecule has 0 saturated carbocycles. The second kappa shape index (κ2) is 7.56. The monoisotopic (exact) mass is 408 g/mol. The summed E-state index contributed by atoms with van der Waals surface area (Å²) in [6.07, 6.45) is -10.1. The molecule has 1 atom stereocenters. The van der Waals surface area contributed by atoms with Crippen molar-refractivity contribution in [2.75, 3.05) is 6.61 Å². The Morgan fingerprint density at radius 2 is 1.74 bits per heavy atom. The summed E-state index contributed by atoms with van der Waals surface area (Å²) in [5.41, 5.74) is -2.56. The van der Waals surface area contributed by atoms with Crippen LogP contribution in [0.2, 0.25) is 0 Å². The van der Waals surface area contributed by atoms with Crippen LogP contribution in [0.25, 0.3) is 0 Å². The molecule has 0 bridgehead atoms. The largest absolute Gasteiger partial charge is 0.486 e. The number of nitrogens with zero attached hydrogens (tertiary/aromatic N) is 2. The van der Waals surface area contributed by atoms with Gasteiger partial charge in [-0.25, -0.2) is 4.98 Å². The first-order valence-corrected chi connectivity index (χ1v) is 8.06. The van der Waals surface area contributed by atoms with Gasteiger partial charge in [0.25, 0.3) is 0 Å². The van der Waals surface area contributed by atoms with Crippen molar-refractivity contribution < 1.29 is 35.9 Å². The minimum Gasteiger partial charge on any atom is -0.486 e. The number of Topliss-reactive ketones (excluding diaryl/α,β-unsaturated/α-hetero) is 1. The number of nitriles is 1. The van der Waals surface area contributed by atoms with Crippen molar-refractivity contribution in [3.05, 3.63) is 45.4 Å². The summed E-state index contributed by atoms with van der Waals surface area (Å²) in [6.45, 7) is 0.756. The van der Waals surface area contributed by atoms with Gasteiger partial charge in [0.2, 0.25) is 0 Å². The lowest BCUT2D eigenvalue weighted by Gasteiger charge is -2.15. The second-order valence-electron chi connectivity index (χ2n) is 5.39. The molecule has 2 rings (SSSR count). The highest BCUT2D eigenvalue weighted by Gasteiger charge is 2.37. The van der Waals surface area contributed by atoms with E-state index in [0.717, 1.165) is 11.3 Å². The van der Waals surface area contributed by atoms with E-state index in [0.29, 0.717) is 17.8 Å². The van der Waals surface area contributed by atoms with Crippen molar-refractivity contribution in [2.24, 2.45) is 0 Å². The zero-order valence-electron chi connectivity index (χ0n) is 13.5. The Labute approximate surface area is 153 Å². The average molecular weight is 408 g/mol. The summed E-state index contributed by atoms with van der Waals surface area (Å²) in [7, 11) is 0. The fourth-order valence-electron chi connectivity index (χ4n) is 2.02. The number of hydrogen-bond donors (Lipinski definition) is 0. The summed E-state index contributed by atoms with van der Waals surface area (Å²) in [6, 6.07) is 2.36. The molecule has 1 aromatic heterocycles. The normalized spacial score (nSPS) is 13.1. The first kappa shape index (κ1) is 20.7. The lowest BCUT2D eigenvalue weighted by molar-refractivity contribution is -0.143. The number of benzene rings is 1. The Bertz CT molecular complexity index is 850. The van der Waals surface area contributed by atoms with Gasteiger partial charge in [0.05, 0.1) is 17.2 Å². The fourth-order valence-corrected chi connectivity index (χ4v) is 2.88. The van der Waals surface area contributed by atoms with Crippen LogP contribution in [-0.2, 0) is 17.1 Å². The molecule has 0 N–H and O–H groups in total. The van der Waals surface area contributed by atoms with Gasteiger partial charge in [-0.15, -0.1) is 11.3 Å². The van der Waals surface area contributed by atoms with Gasteiger partial charge in [-0.1, -0.05) is 0 Å². The maximum atomic E-state index is 12.8. The number of aryl methyl sites for hydroxylation is 1. The van der Waals surface area contributed by atoms with Gasteiger partial charge in [-0.3, -0.25) is 4.79 Å². The molecule has 0 fully saturated rings. The number of ketones is 1. The molecule has 27 heavy (non-hydrogen) atoms. The van der Waals surface area contributed by atoms with Gasteiger partial charge < -0.3 is 4.74 Å². The van der Waals surface area contributed by atoms with E-state index in [2.05, 4.69) is 4.98 Å². The van der Waals surface area contributed by atoms with Crippen LogP contribution in [0.1, 0.15) is 27.7 Å². The highest BCUT2D eigenvalue weighted by Crippen LogP contribution is 2.38. The molecule has 0 aliphatic rings. The van der Waals surface area contributed by atoms with E-state index >= 15 is 0 Å². The molecule has 1 aromatic carbocycles. The number of alkyl halides is 6. The van der Waals surface area contributed by atoms with Crippen LogP contribution in [0, 0.1) is 18.3 Å². The van der Waals surface area contributed by atoms with Crippen LogP contribution in [0.15, 0.2) is 23.6 Å². The smallest absolute Gasteiger partial charge is 0.416 e. The van der Waals surface area contributed by atoms with Gasteiger partial charge in [0.1, 0.15) is 17.4 Å². The average Bonchev–Trinajstić information content (AvgIpc) is 2.98. The van der Waals surface area contributed by atoms with E-state index in [-0.39, 0.29) is 11.1 Å². The molecule has 0 amide bonds. The van der Waals surface area contributed by atoms with Gasteiger partial charge >= 0.3 is 12.4 Å². The summed E-state index contributed by atoms with van der Waals surface area (Å²) < 4.78 is 81.6. The van der Waals surface area contributed by atoms with Crippen molar-refractivity contribution in [3.8, 4) is 11.8 Å². The van der Waals surface area contributed by atoms with Gasteiger partial charge in [-0.2, -0.15) is 31.6 Å². The lowest BCUT2D eigenvalue weighted by atomic mass is 10.1. The Morgan fingerprint density at radius 1 is 1.19 bits per heavy atom. The first-order chi connectivity index (χ1) is 12.4. The molecule has 2 aromatic rings. The summed E-state index contributed by atoms with van der Waals surface area (Å²) in [5.74, 6) is -2.94. The standard InChI is InChI=1S/C16H10F6N2O2S/c1-8-7-27-14(24-8)12(5-23)13(25)6-26-11-3-9(15(17,18)19)2-10(4-11)16(20,21)22/h2-4,7,12H,6H2,1H3. The van der Waals surface area contributed by atoms with Crippen LogP contribution in [0.4, 0.5) is 26.3 Å². The summed E-state index contributed by atoms with van der Waals surface area (Å²) in [4.78, 5) is 16.1. The predicted molar refractivity (Wildman–Crippen MR) is 82.2 cm³/mol. The number of ether oxygens (including phenoxy) is 1. The van der Waals surface area contributed by atoms with Crippen LogP contribution >= 0.6 is 11.3 Å². The molecule has 0 aliphatic carbocycles. The van der Waals surface area contributed by atoms with E-state index in [1.807, 2.05) is 0 Å². The Kier molecular flexibility index (Phi) is 5.79. The number of hydrogen-bond acceptors (Lipinski definition) is 5. The number of thiazole rings is 1. The molecule has 1 unspecified atom stereocenters. The Morgan fingerprint density at radius 3 is 2.15 bits per heavy atom. The van der Waals surface area contributed by atoms with Crippen LogP contribution in [-0.4, -0.2) is 17.4 Å². The molecule has 1 heterocycles. The molecular formula is C16H10F6N2O2S. The third-order valence-corrected chi connectivity index (χ3v) is 4.30. The number of halogens is 6. The van der Waals surface area contributed by atoms with Crippen molar-refractivity contribution in [1.82, 2.24) is 4.98 Å². The predicted octanol–water partition coefficient (Wildman–Crippen LogP) is 4.74. The quantitative estimate of drug-likeness (QED) is 0.671. The molecule has 4 nitrogen and oxygen atoms in total. The topological polar surface area (TPSA) is 63.0 Å². The SMILES string of the molecule is Cc1csc(C(C#N)C(=O)COc2cc(C(F)(F)F)cc(C(F)(F)F)c2)n1. The number of carbonyl (C=O) groups is 1. The van der Waals surface area contributed by atoms with Crippen LogP contribution in [0.5, 0.6) is 5.75 Å². The van der Waals surface area contributed by atoms with E-state index in [9.17, 15) is 31.1 Å². The molecule has 0 radical (unpaired) electrons. The third kappa shape index (κ3) is 5.19. The molecule has 144 valence electrons. The zero-order chi connectivity index (χ0) is 20.4. The molecule has 0 aliphatic heterocycles. The lowest BCUT2D eigenvalue weighted by Crippen LogP contribution is -2.19. The minimum atomic E-state index is -5.03. The highest BCUT2D eigenvalue weighted by atomic mass is 32.1. The van der Waals surface area contributed by atoms with Crippen molar-refractivity contribution in [3.63, 3.8) is 0 Å². The van der Waals surface area contributed by atoms with Crippen molar-refractivity contribution >= 4 is 17.1 Å². The van der Waals surface area contributed by atoms with Crippen LogP contribution in [0.3, 0.4) is 0 Å². The maximum Gasteiger partial charge on any atom is 0.416 e. The van der Waals surface area contributed by atoms with Gasteiger partial charge in [-0.05, 0) is 25.1 Å². The molecular weight excluding hydrogens is 398 g/mol. The fraction of sp³-hybridized carbons (Fsp3) is 0.312. The van der Waals surface area contributed by atoms with Crippen LogP contribution < -0.4 is 4.74 Å². The number of rotatable bonds is 5. The van der Waals surface area contributed by atoms with E-state index in [1.54, 1.807) is 18.4 Å². The number of aromatic nitrogens is 1. The van der Waals surface area contributed by atoms with Gasteiger partial charge in [0.15, 0.2) is 11.7 Å². The summed E-state index contributed by atoms with van der Waals surface area (Å²) >= 11 is 1.04. The van der Waals surface area contributed by atoms with E-state index in [1.165, 1.54) is 0 Å².